The van der Waals surface area contributed by atoms with E-state index in [0.29, 0.717) is 12.1 Å². The quantitative estimate of drug-likeness (QED) is 0.500. The SMILES string of the molecule is CN(Cc1cccc2ccccc12)C(=O)c1cnn2c1NC(c1ccccn1)CC2(C)C. The summed E-state index contributed by atoms with van der Waals surface area (Å²) in [5, 5.41) is 10.5. The molecule has 1 atom stereocenters. The summed E-state index contributed by atoms with van der Waals surface area (Å²) in [4.78, 5) is 19.8. The average molecular weight is 426 g/mol. The molecule has 0 aliphatic carbocycles. The maximum absolute atomic E-state index is 13.5. The number of nitrogens with one attached hydrogen (secondary N) is 1. The third-order valence-corrected chi connectivity index (χ3v) is 6.27. The van der Waals surface area contributed by atoms with E-state index in [1.54, 1.807) is 17.3 Å². The molecule has 0 saturated heterocycles. The van der Waals surface area contributed by atoms with Crippen molar-refractivity contribution in [2.24, 2.45) is 0 Å². The molecular weight excluding hydrogens is 398 g/mol. The number of hydrogen-bond acceptors (Lipinski definition) is 4. The summed E-state index contributed by atoms with van der Waals surface area (Å²) in [6, 6.07) is 20.4. The van der Waals surface area contributed by atoms with Gasteiger partial charge < -0.3 is 10.2 Å². The van der Waals surface area contributed by atoms with Crippen molar-refractivity contribution in [3.05, 3.63) is 89.9 Å². The van der Waals surface area contributed by atoms with Crippen molar-refractivity contribution in [2.75, 3.05) is 12.4 Å². The molecule has 1 aliphatic rings. The number of anilines is 1. The van der Waals surface area contributed by atoms with Crippen molar-refractivity contribution in [1.29, 1.82) is 0 Å². The van der Waals surface area contributed by atoms with Crippen LogP contribution in [0.2, 0.25) is 0 Å². The molecule has 1 amide bonds. The Morgan fingerprint density at radius 1 is 1.12 bits per heavy atom. The van der Waals surface area contributed by atoms with Crippen molar-refractivity contribution in [3.63, 3.8) is 0 Å². The minimum atomic E-state index is -0.241. The first-order valence-corrected chi connectivity index (χ1v) is 10.9. The van der Waals surface area contributed by atoms with Gasteiger partial charge in [0, 0.05) is 19.8 Å². The second-order valence-corrected chi connectivity index (χ2v) is 9.09. The summed E-state index contributed by atoms with van der Waals surface area (Å²) >= 11 is 0. The first-order valence-electron chi connectivity index (χ1n) is 10.9. The Bertz CT molecular complexity index is 1270. The maximum Gasteiger partial charge on any atom is 0.259 e. The highest BCUT2D eigenvalue weighted by Crippen LogP contribution is 2.39. The van der Waals surface area contributed by atoms with Crippen LogP contribution in [-0.2, 0) is 12.1 Å². The molecule has 6 heteroatoms. The Balaban J connectivity index is 1.45. The van der Waals surface area contributed by atoms with Crippen LogP contribution in [0.5, 0.6) is 0 Å². The summed E-state index contributed by atoms with van der Waals surface area (Å²) in [6.45, 7) is 4.82. The number of pyridine rings is 1. The molecule has 2 aromatic carbocycles. The topological polar surface area (TPSA) is 63.1 Å². The van der Waals surface area contributed by atoms with Gasteiger partial charge in [-0.05, 0) is 48.7 Å². The Kier molecular flexibility index (Phi) is 4.93. The molecule has 3 heterocycles. The number of aromatic nitrogens is 3. The van der Waals surface area contributed by atoms with Crippen molar-refractivity contribution < 1.29 is 4.79 Å². The van der Waals surface area contributed by atoms with Crippen LogP contribution in [0.25, 0.3) is 10.8 Å². The number of amides is 1. The zero-order valence-electron chi connectivity index (χ0n) is 18.6. The van der Waals surface area contributed by atoms with E-state index in [1.807, 2.05) is 48.1 Å². The summed E-state index contributed by atoms with van der Waals surface area (Å²) in [7, 11) is 1.85. The molecular formula is C26H27N5O. The Labute approximate surface area is 187 Å². The monoisotopic (exact) mass is 425 g/mol. The van der Waals surface area contributed by atoms with Gasteiger partial charge >= 0.3 is 0 Å². The van der Waals surface area contributed by atoms with Gasteiger partial charge in [0.05, 0.1) is 23.5 Å². The fourth-order valence-corrected chi connectivity index (χ4v) is 4.63. The number of benzene rings is 2. The highest BCUT2D eigenvalue weighted by atomic mass is 16.2. The molecule has 162 valence electrons. The number of hydrogen-bond donors (Lipinski definition) is 1. The van der Waals surface area contributed by atoms with Crippen molar-refractivity contribution in [1.82, 2.24) is 19.7 Å². The van der Waals surface area contributed by atoms with Gasteiger partial charge in [-0.3, -0.25) is 9.78 Å². The largest absolute Gasteiger partial charge is 0.361 e. The van der Waals surface area contributed by atoms with Gasteiger partial charge in [-0.15, -0.1) is 0 Å². The lowest BCUT2D eigenvalue weighted by Gasteiger charge is -2.38. The molecule has 1 N–H and O–H groups in total. The van der Waals surface area contributed by atoms with E-state index in [9.17, 15) is 4.79 Å². The zero-order valence-corrected chi connectivity index (χ0v) is 18.6. The van der Waals surface area contributed by atoms with Gasteiger partial charge in [0.25, 0.3) is 5.91 Å². The van der Waals surface area contributed by atoms with Gasteiger partial charge in [0.2, 0.25) is 0 Å². The van der Waals surface area contributed by atoms with Crippen molar-refractivity contribution >= 4 is 22.5 Å². The highest BCUT2D eigenvalue weighted by molar-refractivity contribution is 5.99. The van der Waals surface area contributed by atoms with Crippen LogP contribution in [0.15, 0.2) is 73.1 Å². The normalized spacial score (nSPS) is 16.9. The first-order chi connectivity index (χ1) is 15.4. The summed E-state index contributed by atoms with van der Waals surface area (Å²) in [5.74, 6) is 0.704. The smallest absolute Gasteiger partial charge is 0.259 e. The second-order valence-electron chi connectivity index (χ2n) is 9.09. The Morgan fingerprint density at radius 2 is 1.91 bits per heavy atom. The standard InChI is InChI=1S/C26H27N5O/c1-26(2)15-23(22-13-6-7-14-27-22)29-24-21(16-28-31(24)26)25(32)30(3)17-19-11-8-10-18-9-4-5-12-20(18)19/h4-14,16,23,29H,15,17H2,1-3H3. The summed E-state index contributed by atoms with van der Waals surface area (Å²) in [5.41, 5.74) is 2.44. The second kappa shape index (κ2) is 7.79. The van der Waals surface area contributed by atoms with Crippen LogP contribution < -0.4 is 5.32 Å². The van der Waals surface area contributed by atoms with Crippen LogP contribution in [0.3, 0.4) is 0 Å². The number of carbonyl (C=O) groups excluding carboxylic acids is 1. The Morgan fingerprint density at radius 3 is 2.72 bits per heavy atom. The third kappa shape index (κ3) is 3.51. The first kappa shape index (κ1) is 20.2. The molecule has 0 saturated carbocycles. The predicted molar refractivity (Wildman–Crippen MR) is 127 cm³/mol. The minimum Gasteiger partial charge on any atom is -0.361 e. The molecule has 0 fully saturated rings. The van der Waals surface area contributed by atoms with Gasteiger partial charge in [0.15, 0.2) is 0 Å². The van der Waals surface area contributed by atoms with Crippen molar-refractivity contribution in [3.8, 4) is 0 Å². The average Bonchev–Trinajstić information content (AvgIpc) is 3.24. The van der Waals surface area contributed by atoms with E-state index in [1.165, 1.54) is 10.8 Å². The molecule has 4 aromatic rings. The number of fused-ring (bicyclic) bond motifs is 2. The molecule has 2 aromatic heterocycles. The fraction of sp³-hybridized carbons (Fsp3) is 0.269. The van der Waals surface area contributed by atoms with Crippen molar-refractivity contribution in [2.45, 2.75) is 38.4 Å². The summed E-state index contributed by atoms with van der Waals surface area (Å²) < 4.78 is 1.94. The molecule has 6 nitrogen and oxygen atoms in total. The number of rotatable bonds is 4. The van der Waals surface area contributed by atoms with Crippen LogP contribution >= 0.6 is 0 Å². The van der Waals surface area contributed by atoms with Crippen LogP contribution in [0.4, 0.5) is 5.82 Å². The molecule has 0 spiro atoms. The van der Waals surface area contributed by atoms with Crippen LogP contribution in [-0.4, -0.2) is 32.6 Å². The van der Waals surface area contributed by atoms with Crippen LogP contribution in [0, 0.1) is 0 Å². The lowest BCUT2D eigenvalue weighted by molar-refractivity contribution is 0.0786. The minimum absolute atomic E-state index is 0.0188. The molecule has 1 unspecified atom stereocenters. The van der Waals surface area contributed by atoms with Crippen LogP contribution in [0.1, 0.15) is 47.9 Å². The Hall–Kier alpha value is -3.67. The molecule has 0 bridgehead atoms. The highest BCUT2D eigenvalue weighted by Gasteiger charge is 2.37. The lowest BCUT2D eigenvalue weighted by Crippen LogP contribution is -2.39. The number of nitrogens with zero attached hydrogens (tertiary/aromatic N) is 4. The van der Waals surface area contributed by atoms with E-state index < -0.39 is 0 Å². The molecule has 32 heavy (non-hydrogen) atoms. The van der Waals surface area contributed by atoms with Gasteiger partial charge in [-0.2, -0.15) is 5.10 Å². The molecule has 5 rings (SSSR count). The fourth-order valence-electron chi connectivity index (χ4n) is 4.63. The predicted octanol–water partition coefficient (Wildman–Crippen LogP) is 5.00. The molecule has 1 aliphatic heterocycles. The lowest BCUT2D eigenvalue weighted by atomic mass is 9.91. The van der Waals surface area contributed by atoms with Gasteiger partial charge in [0.1, 0.15) is 11.4 Å². The van der Waals surface area contributed by atoms with E-state index in [4.69, 9.17) is 0 Å². The van der Waals surface area contributed by atoms with E-state index >= 15 is 0 Å². The third-order valence-electron chi connectivity index (χ3n) is 6.27. The number of carbonyl (C=O) groups is 1. The zero-order chi connectivity index (χ0) is 22.3. The van der Waals surface area contributed by atoms with E-state index in [0.717, 1.165) is 23.5 Å². The van der Waals surface area contributed by atoms with Gasteiger partial charge in [-0.1, -0.05) is 48.5 Å². The summed E-state index contributed by atoms with van der Waals surface area (Å²) in [6.07, 6.45) is 4.32. The van der Waals surface area contributed by atoms with E-state index in [-0.39, 0.29) is 17.5 Å². The molecule has 0 radical (unpaired) electrons. The maximum atomic E-state index is 13.5. The van der Waals surface area contributed by atoms with Gasteiger partial charge in [-0.25, -0.2) is 4.68 Å². The van der Waals surface area contributed by atoms with E-state index in [2.05, 4.69) is 53.5 Å².